The maximum absolute atomic E-state index is 11.5. The van der Waals surface area contributed by atoms with E-state index in [1.54, 1.807) is 6.08 Å². The third-order valence-corrected chi connectivity index (χ3v) is 3.69. The molecular weight excluding hydrogens is 228 g/mol. The smallest absolute Gasteiger partial charge is 0.330 e. The normalized spacial score (nSPS) is 24.3. The van der Waals surface area contributed by atoms with Gasteiger partial charge in [0.2, 0.25) is 0 Å². The second kappa shape index (κ2) is 9.15. The van der Waals surface area contributed by atoms with E-state index in [0.29, 0.717) is 18.4 Å². The molecule has 0 amide bonds. The Kier molecular flexibility index (Phi) is 7.74. The van der Waals surface area contributed by atoms with Gasteiger partial charge in [-0.1, -0.05) is 32.3 Å². The summed E-state index contributed by atoms with van der Waals surface area (Å²) in [5, 5.41) is 9.04. The first-order valence-electron chi connectivity index (χ1n) is 7.23. The van der Waals surface area contributed by atoms with Gasteiger partial charge in [0.25, 0.3) is 0 Å². The van der Waals surface area contributed by atoms with E-state index >= 15 is 0 Å². The fraction of sp³-hybridized carbons (Fsp3) is 0.800. The second-order valence-electron chi connectivity index (χ2n) is 5.10. The Morgan fingerprint density at radius 1 is 1.39 bits per heavy atom. The molecule has 0 bridgehead atoms. The summed E-state index contributed by atoms with van der Waals surface area (Å²) in [6, 6.07) is 0. The van der Waals surface area contributed by atoms with Gasteiger partial charge in [-0.3, -0.25) is 0 Å². The van der Waals surface area contributed by atoms with Crippen molar-refractivity contribution >= 4 is 5.97 Å². The number of unbranched alkanes of at least 4 members (excludes halogenated alkanes) is 1. The van der Waals surface area contributed by atoms with E-state index in [-0.39, 0.29) is 12.6 Å². The minimum absolute atomic E-state index is 0.225. The van der Waals surface area contributed by atoms with Crippen molar-refractivity contribution in [2.45, 2.75) is 51.9 Å². The van der Waals surface area contributed by atoms with Crippen molar-refractivity contribution in [3.63, 3.8) is 0 Å². The van der Waals surface area contributed by atoms with Crippen LogP contribution >= 0.6 is 0 Å². The van der Waals surface area contributed by atoms with Crippen LogP contribution in [0.5, 0.6) is 0 Å². The molecule has 1 fully saturated rings. The molecule has 0 heterocycles. The molecule has 1 N–H and O–H groups in total. The topological polar surface area (TPSA) is 46.5 Å². The van der Waals surface area contributed by atoms with Gasteiger partial charge in [-0.05, 0) is 37.5 Å². The maximum Gasteiger partial charge on any atom is 0.330 e. The van der Waals surface area contributed by atoms with E-state index in [4.69, 9.17) is 9.84 Å². The van der Waals surface area contributed by atoms with Crippen LogP contribution in [0.3, 0.4) is 0 Å². The van der Waals surface area contributed by atoms with Crippen LogP contribution in [0, 0.1) is 11.8 Å². The highest BCUT2D eigenvalue weighted by molar-refractivity contribution is 5.81. The molecule has 0 aromatic rings. The van der Waals surface area contributed by atoms with Gasteiger partial charge < -0.3 is 9.84 Å². The van der Waals surface area contributed by atoms with Crippen molar-refractivity contribution in [1.29, 1.82) is 0 Å². The lowest BCUT2D eigenvalue weighted by atomic mass is 9.77. The van der Waals surface area contributed by atoms with Crippen LogP contribution in [0.4, 0.5) is 0 Å². The molecule has 3 heteroatoms. The summed E-state index contributed by atoms with van der Waals surface area (Å²) in [6.07, 6.45) is 11.2. The standard InChI is InChI=1S/C15H26O3/c1-2-3-12-18-15(17)9-8-13-6-4-5-7-14(13)10-11-16/h8-9,13-14,16H,2-7,10-12H2,1H3/b9-8+. The molecule has 2 unspecified atom stereocenters. The van der Waals surface area contributed by atoms with Crippen molar-refractivity contribution in [2.75, 3.05) is 13.2 Å². The average Bonchev–Trinajstić information content (AvgIpc) is 2.38. The Bertz CT molecular complexity index is 258. The maximum atomic E-state index is 11.5. The number of rotatable bonds is 7. The highest BCUT2D eigenvalue weighted by Gasteiger charge is 2.22. The molecule has 1 rings (SSSR count). The zero-order valence-electron chi connectivity index (χ0n) is 11.4. The zero-order valence-corrected chi connectivity index (χ0v) is 11.4. The molecule has 0 aliphatic heterocycles. The lowest BCUT2D eigenvalue weighted by molar-refractivity contribution is -0.137. The number of esters is 1. The molecule has 18 heavy (non-hydrogen) atoms. The Balaban J connectivity index is 2.35. The molecule has 0 aromatic heterocycles. The van der Waals surface area contributed by atoms with Gasteiger partial charge in [-0.25, -0.2) is 4.79 Å². The summed E-state index contributed by atoms with van der Waals surface area (Å²) in [6.45, 7) is 2.84. The van der Waals surface area contributed by atoms with E-state index in [9.17, 15) is 4.79 Å². The Hall–Kier alpha value is -0.830. The third-order valence-electron chi connectivity index (χ3n) is 3.69. The predicted octanol–water partition coefficient (Wildman–Crippen LogP) is 3.07. The first-order valence-corrected chi connectivity index (χ1v) is 7.23. The van der Waals surface area contributed by atoms with E-state index in [2.05, 4.69) is 6.92 Å². The number of carbonyl (C=O) groups excluding carboxylic acids is 1. The average molecular weight is 254 g/mol. The fourth-order valence-corrected chi connectivity index (χ4v) is 2.58. The van der Waals surface area contributed by atoms with Crippen molar-refractivity contribution in [3.8, 4) is 0 Å². The number of hydrogen-bond acceptors (Lipinski definition) is 3. The Morgan fingerprint density at radius 2 is 2.17 bits per heavy atom. The zero-order chi connectivity index (χ0) is 13.2. The van der Waals surface area contributed by atoms with E-state index < -0.39 is 0 Å². The molecule has 0 saturated heterocycles. The van der Waals surface area contributed by atoms with Crippen LogP contribution in [-0.2, 0) is 9.53 Å². The molecule has 3 nitrogen and oxygen atoms in total. The highest BCUT2D eigenvalue weighted by Crippen LogP contribution is 2.33. The number of aliphatic hydroxyl groups is 1. The van der Waals surface area contributed by atoms with Crippen LogP contribution in [0.1, 0.15) is 51.9 Å². The lowest BCUT2D eigenvalue weighted by Gasteiger charge is -2.28. The predicted molar refractivity (Wildman–Crippen MR) is 72.2 cm³/mol. The van der Waals surface area contributed by atoms with Crippen molar-refractivity contribution in [3.05, 3.63) is 12.2 Å². The number of ether oxygens (including phenoxy) is 1. The van der Waals surface area contributed by atoms with E-state index in [0.717, 1.165) is 25.7 Å². The van der Waals surface area contributed by atoms with Crippen LogP contribution < -0.4 is 0 Å². The molecule has 2 atom stereocenters. The summed E-state index contributed by atoms with van der Waals surface area (Å²) in [5.41, 5.74) is 0. The molecule has 0 aromatic carbocycles. The van der Waals surface area contributed by atoms with Gasteiger partial charge >= 0.3 is 5.97 Å². The highest BCUT2D eigenvalue weighted by atomic mass is 16.5. The minimum atomic E-state index is -0.225. The summed E-state index contributed by atoms with van der Waals surface area (Å²) in [5.74, 6) is 0.741. The van der Waals surface area contributed by atoms with E-state index in [1.807, 2.05) is 6.08 Å². The van der Waals surface area contributed by atoms with Gasteiger partial charge in [0.15, 0.2) is 0 Å². The van der Waals surface area contributed by atoms with Crippen LogP contribution in [0.15, 0.2) is 12.2 Å². The summed E-state index contributed by atoms with van der Waals surface area (Å²) in [4.78, 5) is 11.5. The van der Waals surface area contributed by atoms with Crippen molar-refractivity contribution < 1.29 is 14.6 Å². The fourth-order valence-electron chi connectivity index (χ4n) is 2.58. The second-order valence-corrected chi connectivity index (χ2v) is 5.10. The monoisotopic (exact) mass is 254 g/mol. The quantitative estimate of drug-likeness (QED) is 0.431. The SMILES string of the molecule is CCCCOC(=O)/C=C/C1CCCCC1CCO. The Morgan fingerprint density at radius 3 is 2.89 bits per heavy atom. The molecule has 104 valence electrons. The van der Waals surface area contributed by atoms with Crippen LogP contribution in [0.25, 0.3) is 0 Å². The van der Waals surface area contributed by atoms with Gasteiger partial charge in [-0.15, -0.1) is 0 Å². The van der Waals surface area contributed by atoms with Crippen LogP contribution in [-0.4, -0.2) is 24.3 Å². The molecular formula is C15H26O3. The number of carbonyl (C=O) groups is 1. The van der Waals surface area contributed by atoms with Crippen LogP contribution in [0.2, 0.25) is 0 Å². The largest absolute Gasteiger partial charge is 0.463 e. The first kappa shape index (κ1) is 15.2. The molecule has 0 radical (unpaired) electrons. The number of allylic oxidation sites excluding steroid dienone is 1. The van der Waals surface area contributed by atoms with Crippen molar-refractivity contribution in [2.24, 2.45) is 11.8 Å². The Labute approximate surface area is 110 Å². The first-order chi connectivity index (χ1) is 8.77. The van der Waals surface area contributed by atoms with Gasteiger partial charge in [0.05, 0.1) is 6.61 Å². The number of hydrogen-bond donors (Lipinski definition) is 1. The molecule has 1 aliphatic carbocycles. The molecule has 1 aliphatic rings. The van der Waals surface area contributed by atoms with Crippen molar-refractivity contribution in [1.82, 2.24) is 0 Å². The van der Waals surface area contributed by atoms with Gasteiger partial charge in [0.1, 0.15) is 0 Å². The lowest BCUT2D eigenvalue weighted by Crippen LogP contribution is -2.19. The summed E-state index contributed by atoms with van der Waals surface area (Å²) >= 11 is 0. The van der Waals surface area contributed by atoms with Gasteiger partial charge in [-0.2, -0.15) is 0 Å². The van der Waals surface area contributed by atoms with Gasteiger partial charge in [0, 0.05) is 12.7 Å². The number of aliphatic hydroxyl groups excluding tert-OH is 1. The van der Waals surface area contributed by atoms with E-state index in [1.165, 1.54) is 19.3 Å². The third kappa shape index (κ3) is 5.67. The summed E-state index contributed by atoms with van der Waals surface area (Å²) < 4.78 is 5.09. The molecule has 1 saturated carbocycles. The summed E-state index contributed by atoms with van der Waals surface area (Å²) in [7, 11) is 0. The molecule has 0 spiro atoms. The minimum Gasteiger partial charge on any atom is -0.463 e.